The van der Waals surface area contributed by atoms with Crippen LogP contribution in [0.2, 0.25) is 0 Å². The Morgan fingerprint density at radius 2 is 1.58 bits per heavy atom. The molecule has 0 spiro atoms. The fourth-order valence-electron chi connectivity index (χ4n) is 5.39. The number of anilines is 1. The van der Waals surface area contributed by atoms with Crippen molar-refractivity contribution in [2.75, 3.05) is 25.0 Å². The molecule has 0 amide bonds. The molecule has 1 aromatic heterocycles. The molecule has 4 aromatic carbocycles. The first kappa shape index (κ1) is 22.7. The third kappa shape index (κ3) is 4.84. The zero-order chi connectivity index (χ0) is 24.3. The average molecular weight is 479 g/mol. The molecule has 0 saturated carbocycles. The highest BCUT2D eigenvalue weighted by Gasteiger charge is 2.21. The molecule has 1 saturated heterocycles. The van der Waals surface area contributed by atoms with E-state index in [1.165, 1.54) is 28.5 Å². The van der Waals surface area contributed by atoms with Crippen molar-refractivity contribution in [1.82, 2.24) is 14.5 Å². The van der Waals surface area contributed by atoms with Crippen molar-refractivity contribution >= 4 is 27.8 Å². The van der Waals surface area contributed by atoms with Crippen LogP contribution in [0.5, 0.6) is 0 Å². The number of halogens is 1. The van der Waals surface area contributed by atoms with E-state index < -0.39 is 0 Å². The van der Waals surface area contributed by atoms with Crippen LogP contribution in [0.3, 0.4) is 0 Å². The summed E-state index contributed by atoms with van der Waals surface area (Å²) in [5.74, 6) is 0.689. The molecular weight excluding hydrogens is 447 g/mol. The van der Waals surface area contributed by atoms with E-state index in [1.54, 1.807) is 0 Å². The van der Waals surface area contributed by atoms with Crippen molar-refractivity contribution in [3.63, 3.8) is 0 Å². The van der Waals surface area contributed by atoms with Gasteiger partial charge in [0.1, 0.15) is 5.82 Å². The summed E-state index contributed by atoms with van der Waals surface area (Å²) in [4.78, 5) is 7.49. The summed E-state index contributed by atoms with van der Waals surface area (Å²) in [6.45, 7) is 3.91. The molecule has 6 rings (SSSR count). The van der Waals surface area contributed by atoms with Crippen molar-refractivity contribution in [2.24, 2.45) is 0 Å². The standard InChI is InChI=1S/C31H31FN4/c32-26-14-12-23(13-15-26)22-36-30-11-4-3-10-29(30)34-31(36)33-27-17-20-35(21-18-27)19-16-25-8-5-7-24-6-1-2-9-28(24)25/h1-15,27H,16-22H2,(H,33,34). The molecule has 0 aliphatic carbocycles. The fourth-order valence-corrected chi connectivity index (χ4v) is 5.39. The molecule has 5 heteroatoms. The average Bonchev–Trinajstić information content (AvgIpc) is 3.26. The predicted molar refractivity (Wildman–Crippen MR) is 146 cm³/mol. The van der Waals surface area contributed by atoms with Crippen LogP contribution >= 0.6 is 0 Å². The van der Waals surface area contributed by atoms with E-state index in [4.69, 9.17) is 4.98 Å². The second-order valence-electron chi connectivity index (χ2n) is 9.79. The summed E-state index contributed by atoms with van der Waals surface area (Å²) in [6, 6.07) is 30.7. The Morgan fingerprint density at radius 3 is 2.44 bits per heavy atom. The van der Waals surface area contributed by atoms with Crippen LogP contribution in [0.25, 0.3) is 21.8 Å². The molecule has 182 valence electrons. The monoisotopic (exact) mass is 478 g/mol. The van der Waals surface area contributed by atoms with E-state index in [2.05, 4.69) is 69.4 Å². The van der Waals surface area contributed by atoms with Crippen LogP contribution in [-0.2, 0) is 13.0 Å². The van der Waals surface area contributed by atoms with Gasteiger partial charge in [0.25, 0.3) is 0 Å². The predicted octanol–water partition coefficient (Wildman–Crippen LogP) is 6.50. The van der Waals surface area contributed by atoms with Gasteiger partial charge in [0, 0.05) is 25.7 Å². The van der Waals surface area contributed by atoms with Gasteiger partial charge in [0.15, 0.2) is 0 Å². The highest BCUT2D eigenvalue weighted by molar-refractivity contribution is 5.85. The zero-order valence-electron chi connectivity index (χ0n) is 20.4. The Balaban J connectivity index is 1.11. The Bertz CT molecular complexity index is 1460. The number of rotatable bonds is 7. The molecule has 0 unspecified atom stereocenters. The number of nitrogens with one attached hydrogen (secondary N) is 1. The lowest BCUT2D eigenvalue weighted by molar-refractivity contribution is 0.221. The highest BCUT2D eigenvalue weighted by atomic mass is 19.1. The number of hydrogen-bond donors (Lipinski definition) is 1. The maximum atomic E-state index is 13.4. The van der Waals surface area contributed by atoms with Crippen LogP contribution in [0.4, 0.5) is 10.3 Å². The first-order valence-corrected chi connectivity index (χ1v) is 12.9. The number of piperidine rings is 1. The minimum Gasteiger partial charge on any atom is -0.353 e. The molecule has 1 fully saturated rings. The summed E-state index contributed by atoms with van der Waals surface area (Å²) < 4.78 is 15.6. The summed E-state index contributed by atoms with van der Waals surface area (Å²) in [5.41, 5.74) is 4.57. The number of benzene rings is 4. The number of aromatic nitrogens is 2. The van der Waals surface area contributed by atoms with Crippen LogP contribution < -0.4 is 5.32 Å². The van der Waals surface area contributed by atoms with Crippen molar-refractivity contribution in [3.05, 3.63) is 108 Å². The highest BCUT2D eigenvalue weighted by Crippen LogP contribution is 2.25. The topological polar surface area (TPSA) is 33.1 Å². The maximum absolute atomic E-state index is 13.4. The van der Waals surface area contributed by atoms with Crippen LogP contribution in [-0.4, -0.2) is 40.1 Å². The lowest BCUT2D eigenvalue weighted by atomic mass is 10.0. The lowest BCUT2D eigenvalue weighted by Crippen LogP contribution is -2.40. The van der Waals surface area contributed by atoms with E-state index in [0.29, 0.717) is 12.6 Å². The van der Waals surface area contributed by atoms with Gasteiger partial charge in [-0.1, -0.05) is 66.7 Å². The second kappa shape index (κ2) is 10.1. The van der Waals surface area contributed by atoms with Crippen LogP contribution in [0.15, 0.2) is 91.0 Å². The molecule has 36 heavy (non-hydrogen) atoms. The number of hydrogen-bond acceptors (Lipinski definition) is 3. The molecule has 5 aromatic rings. The van der Waals surface area contributed by atoms with Crippen LogP contribution in [0.1, 0.15) is 24.0 Å². The van der Waals surface area contributed by atoms with Gasteiger partial charge in [0.05, 0.1) is 17.6 Å². The van der Waals surface area contributed by atoms with Crippen molar-refractivity contribution in [3.8, 4) is 0 Å². The molecule has 0 bridgehead atoms. The normalized spacial score (nSPS) is 15.0. The van der Waals surface area contributed by atoms with E-state index in [0.717, 1.165) is 61.4 Å². The van der Waals surface area contributed by atoms with Crippen molar-refractivity contribution in [1.29, 1.82) is 0 Å². The van der Waals surface area contributed by atoms with Gasteiger partial charge in [-0.25, -0.2) is 9.37 Å². The van der Waals surface area contributed by atoms with Crippen molar-refractivity contribution in [2.45, 2.75) is 31.8 Å². The second-order valence-corrected chi connectivity index (χ2v) is 9.79. The minimum absolute atomic E-state index is 0.209. The van der Waals surface area contributed by atoms with E-state index in [9.17, 15) is 4.39 Å². The smallest absolute Gasteiger partial charge is 0.204 e. The zero-order valence-corrected chi connectivity index (χ0v) is 20.4. The van der Waals surface area contributed by atoms with Gasteiger partial charge in [-0.15, -0.1) is 0 Å². The van der Waals surface area contributed by atoms with Gasteiger partial charge in [-0.2, -0.15) is 0 Å². The molecule has 1 aliphatic rings. The molecular formula is C31H31FN4. The number of fused-ring (bicyclic) bond motifs is 2. The van der Waals surface area contributed by atoms with Gasteiger partial charge < -0.3 is 14.8 Å². The Labute approximate surface area is 211 Å². The van der Waals surface area contributed by atoms with Crippen LogP contribution in [0, 0.1) is 5.82 Å². The molecule has 1 aliphatic heterocycles. The largest absolute Gasteiger partial charge is 0.353 e. The van der Waals surface area contributed by atoms with E-state index in [-0.39, 0.29) is 5.82 Å². The number of para-hydroxylation sites is 2. The minimum atomic E-state index is -0.209. The van der Waals surface area contributed by atoms with E-state index in [1.807, 2.05) is 24.3 Å². The van der Waals surface area contributed by atoms with Gasteiger partial charge in [-0.05, 0) is 65.4 Å². The quantitative estimate of drug-likeness (QED) is 0.290. The molecule has 4 nitrogen and oxygen atoms in total. The molecule has 0 radical (unpaired) electrons. The number of likely N-dealkylation sites (tertiary alicyclic amines) is 1. The Morgan fingerprint density at radius 1 is 0.833 bits per heavy atom. The Hall–Kier alpha value is -3.70. The summed E-state index contributed by atoms with van der Waals surface area (Å²) in [6.07, 6.45) is 3.26. The van der Waals surface area contributed by atoms with Gasteiger partial charge >= 0.3 is 0 Å². The summed E-state index contributed by atoms with van der Waals surface area (Å²) in [7, 11) is 0. The third-order valence-corrected chi connectivity index (χ3v) is 7.41. The SMILES string of the molecule is Fc1ccc(Cn2c(NC3CCN(CCc4cccc5ccccc45)CC3)nc3ccccc32)cc1. The lowest BCUT2D eigenvalue weighted by Gasteiger charge is -2.32. The molecule has 1 N–H and O–H groups in total. The number of imidazole rings is 1. The number of nitrogens with zero attached hydrogens (tertiary/aromatic N) is 3. The maximum Gasteiger partial charge on any atom is 0.204 e. The molecule has 0 atom stereocenters. The fraction of sp³-hybridized carbons (Fsp3) is 0.258. The first-order valence-electron chi connectivity index (χ1n) is 12.9. The van der Waals surface area contributed by atoms with Gasteiger partial charge in [0.2, 0.25) is 5.95 Å². The summed E-state index contributed by atoms with van der Waals surface area (Å²) >= 11 is 0. The molecule has 2 heterocycles. The Kier molecular flexibility index (Phi) is 6.39. The first-order chi connectivity index (χ1) is 17.7. The summed E-state index contributed by atoms with van der Waals surface area (Å²) in [5, 5.41) is 6.43. The third-order valence-electron chi connectivity index (χ3n) is 7.41. The van der Waals surface area contributed by atoms with E-state index >= 15 is 0 Å². The van der Waals surface area contributed by atoms with Gasteiger partial charge in [-0.3, -0.25) is 0 Å². The van der Waals surface area contributed by atoms with Crippen molar-refractivity contribution < 1.29 is 4.39 Å².